The summed E-state index contributed by atoms with van der Waals surface area (Å²) < 4.78 is 10.3. The van der Waals surface area contributed by atoms with Gasteiger partial charge in [-0.25, -0.2) is 9.59 Å². The number of rotatable bonds is 7. The largest absolute Gasteiger partial charge is 0.444 e. The van der Waals surface area contributed by atoms with E-state index in [1.54, 1.807) is 41.5 Å². The van der Waals surface area contributed by atoms with Gasteiger partial charge in [-0.05, 0) is 41.5 Å². The maximum absolute atomic E-state index is 11.9. The quantitative estimate of drug-likeness (QED) is 0.318. The van der Waals surface area contributed by atoms with Gasteiger partial charge in [0.25, 0.3) is 5.24 Å². The molecule has 4 amide bonds. The normalized spacial score (nSPS) is 15.0. The van der Waals surface area contributed by atoms with Crippen LogP contribution in [0.15, 0.2) is 0 Å². The maximum atomic E-state index is 11.9. The number of hydrogen-bond donors (Lipinski definition) is 3. The Balaban J connectivity index is 2.56. The topological polar surface area (TPSA) is 135 Å². The zero-order chi connectivity index (χ0) is 21.5. The van der Waals surface area contributed by atoms with Gasteiger partial charge in [0.2, 0.25) is 5.91 Å². The number of nitrogens with zero attached hydrogens (tertiary/aromatic N) is 1. The van der Waals surface area contributed by atoms with Gasteiger partial charge in [0, 0.05) is 0 Å². The first-order chi connectivity index (χ1) is 12.8. The van der Waals surface area contributed by atoms with Gasteiger partial charge in [-0.3, -0.25) is 30.0 Å². The number of ether oxygens (including phenoxy) is 2. The summed E-state index contributed by atoms with van der Waals surface area (Å²) in [5, 5.41) is 4.41. The highest BCUT2D eigenvalue weighted by atomic mass is 32.2. The first-order valence-electron chi connectivity index (χ1n) is 8.60. The minimum Gasteiger partial charge on any atom is -0.444 e. The summed E-state index contributed by atoms with van der Waals surface area (Å²) >= 11 is 0.920. The fourth-order valence-electron chi connectivity index (χ4n) is 1.82. The molecule has 3 N–H and O–H groups in total. The van der Waals surface area contributed by atoms with Crippen molar-refractivity contribution in [2.24, 2.45) is 0 Å². The van der Waals surface area contributed by atoms with Crippen LogP contribution in [0.3, 0.4) is 0 Å². The van der Waals surface area contributed by atoms with Crippen molar-refractivity contribution in [2.75, 3.05) is 18.9 Å². The summed E-state index contributed by atoms with van der Waals surface area (Å²) in [6.45, 7) is 10.1. The summed E-state index contributed by atoms with van der Waals surface area (Å²) in [6, 6.07) is 0. The van der Waals surface area contributed by atoms with Crippen molar-refractivity contribution in [3.63, 3.8) is 0 Å². The standard InChI is InChI=1S/C16H28N4O7S/c1-15(2,3)26-12(22)17-11(18-13(23)27-16(4,5)6)19-25-8-7-20-10(21)9-28-14(20)24/h11,19H,7-9H2,1-6H3,(H,17,22)(H,18,23). The minimum absolute atomic E-state index is 0.0310. The number of alkyl carbamates (subject to hydrolysis) is 2. The van der Waals surface area contributed by atoms with Crippen LogP contribution in [-0.4, -0.2) is 64.6 Å². The van der Waals surface area contributed by atoms with E-state index in [0.717, 1.165) is 16.7 Å². The molecule has 0 radical (unpaired) electrons. The lowest BCUT2D eigenvalue weighted by Crippen LogP contribution is -2.58. The van der Waals surface area contributed by atoms with Crippen LogP contribution >= 0.6 is 11.8 Å². The van der Waals surface area contributed by atoms with E-state index in [-0.39, 0.29) is 30.1 Å². The monoisotopic (exact) mass is 420 g/mol. The summed E-state index contributed by atoms with van der Waals surface area (Å²) in [5.74, 6) is -0.191. The molecule has 160 valence electrons. The van der Waals surface area contributed by atoms with E-state index in [0.29, 0.717) is 0 Å². The maximum Gasteiger partial charge on any atom is 0.410 e. The minimum atomic E-state index is -1.18. The molecule has 0 unspecified atom stereocenters. The molecule has 0 aromatic carbocycles. The van der Waals surface area contributed by atoms with Gasteiger partial charge >= 0.3 is 12.2 Å². The van der Waals surface area contributed by atoms with E-state index in [9.17, 15) is 19.2 Å². The number of carbonyl (C=O) groups excluding carboxylic acids is 4. The second-order valence-electron chi connectivity index (χ2n) is 7.79. The highest BCUT2D eigenvalue weighted by Crippen LogP contribution is 2.17. The van der Waals surface area contributed by atoms with Crippen LogP contribution in [0.1, 0.15) is 41.5 Å². The highest BCUT2D eigenvalue weighted by molar-refractivity contribution is 8.14. The fourth-order valence-corrected chi connectivity index (χ4v) is 2.57. The molecule has 11 nitrogen and oxygen atoms in total. The van der Waals surface area contributed by atoms with Crippen molar-refractivity contribution in [1.82, 2.24) is 21.0 Å². The highest BCUT2D eigenvalue weighted by Gasteiger charge is 2.29. The van der Waals surface area contributed by atoms with Crippen LogP contribution in [0.25, 0.3) is 0 Å². The molecule has 0 spiro atoms. The molecule has 0 aliphatic carbocycles. The summed E-state index contributed by atoms with van der Waals surface area (Å²) in [4.78, 5) is 53.2. The summed E-state index contributed by atoms with van der Waals surface area (Å²) in [7, 11) is 0. The third-order valence-electron chi connectivity index (χ3n) is 2.78. The molecule has 1 aliphatic heterocycles. The molecule has 1 saturated heterocycles. The second kappa shape index (κ2) is 9.94. The first kappa shape index (κ1) is 24.0. The van der Waals surface area contributed by atoms with Crippen LogP contribution in [0.5, 0.6) is 0 Å². The van der Waals surface area contributed by atoms with Crippen molar-refractivity contribution < 1.29 is 33.5 Å². The average molecular weight is 420 g/mol. The van der Waals surface area contributed by atoms with Crippen LogP contribution < -0.4 is 16.1 Å². The van der Waals surface area contributed by atoms with E-state index >= 15 is 0 Å². The number of nitrogens with one attached hydrogen (secondary N) is 3. The zero-order valence-corrected chi connectivity index (χ0v) is 17.7. The Morgan fingerprint density at radius 1 is 1.04 bits per heavy atom. The van der Waals surface area contributed by atoms with E-state index in [1.807, 2.05) is 0 Å². The molecule has 0 aromatic heterocycles. The van der Waals surface area contributed by atoms with Crippen molar-refractivity contribution >= 4 is 35.1 Å². The Hall–Kier alpha value is -2.05. The smallest absolute Gasteiger partial charge is 0.410 e. The molecular weight excluding hydrogens is 392 g/mol. The molecule has 0 bridgehead atoms. The number of amides is 4. The summed E-state index contributed by atoms with van der Waals surface area (Å²) in [5.41, 5.74) is 0.946. The predicted molar refractivity (Wildman–Crippen MR) is 101 cm³/mol. The number of hydroxylamine groups is 1. The van der Waals surface area contributed by atoms with Gasteiger partial charge in [-0.2, -0.15) is 5.48 Å². The Bertz CT molecular complexity index is 555. The second-order valence-corrected chi connectivity index (χ2v) is 8.72. The third-order valence-corrected chi connectivity index (χ3v) is 3.64. The van der Waals surface area contributed by atoms with E-state index in [1.165, 1.54) is 0 Å². The number of carbonyl (C=O) groups is 4. The lowest BCUT2D eigenvalue weighted by Gasteiger charge is -2.26. The predicted octanol–water partition coefficient (Wildman–Crippen LogP) is 1.54. The van der Waals surface area contributed by atoms with Gasteiger partial charge in [0.15, 0.2) is 6.29 Å². The number of imide groups is 1. The molecule has 1 aliphatic rings. The third kappa shape index (κ3) is 9.76. The van der Waals surface area contributed by atoms with Crippen molar-refractivity contribution in [3.8, 4) is 0 Å². The molecular formula is C16H28N4O7S. The zero-order valence-electron chi connectivity index (χ0n) is 16.9. The van der Waals surface area contributed by atoms with Crippen molar-refractivity contribution in [1.29, 1.82) is 0 Å². The van der Waals surface area contributed by atoms with Gasteiger partial charge < -0.3 is 9.47 Å². The Kier molecular flexibility index (Phi) is 8.51. The lowest BCUT2D eigenvalue weighted by atomic mass is 10.2. The van der Waals surface area contributed by atoms with Crippen LogP contribution in [-0.2, 0) is 19.1 Å². The van der Waals surface area contributed by atoms with E-state index in [4.69, 9.17) is 14.3 Å². The van der Waals surface area contributed by atoms with Crippen LogP contribution in [0.4, 0.5) is 14.4 Å². The Labute approximate surface area is 168 Å². The molecule has 1 fully saturated rings. The average Bonchev–Trinajstić information content (AvgIpc) is 2.78. The molecule has 1 heterocycles. The number of hydrogen-bond acceptors (Lipinski definition) is 9. The van der Waals surface area contributed by atoms with Gasteiger partial charge in [0.1, 0.15) is 11.2 Å². The lowest BCUT2D eigenvalue weighted by molar-refractivity contribution is -0.125. The molecule has 1 rings (SSSR count). The molecule has 12 heteroatoms. The summed E-state index contributed by atoms with van der Waals surface area (Å²) in [6.07, 6.45) is -2.78. The Morgan fingerprint density at radius 3 is 1.93 bits per heavy atom. The van der Waals surface area contributed by atoms with Gasteiger partial charge in [0.05, 0.1) is 18.9 Å². The van der Waals surface area contributed by atoms with Crippen molar-refractivity contribution in [3.05, 3.63) is 0 Å². The van der Waals surface area contributed by atoms with Crippen LogP contribution in [0, 0.1) is 0 Å². The van der Waals surface area contributed by atoms with E-state index in [2.05, 4.69) is 16.1 Å². The first-order valence-corrected chi connectivity index (χ1v) is 9.59. The van der Waals surface area contributed by atoms with Crippen LogP contribution in [0.2, 0.25) is 0 Å². The molecule has 0 saturated carbocycles. The van der Waals surface area contributed by atoms with Gasteiger partial charge in [-0.15, -0.1) is 0 Å². The van der Waals surface area contributed by atoms with Crippen molar-refractivity contribution in [2.45, 2.75) is 59.0 Å². The molecule has 28 heavy (non-hydrogen) atoms. The SMILES string of the molecule is CC(C)(C)OC(=O)NC(NOCCN1C(=O)CSC1=O)NC(=O)OC(C)(C)C. The van der Waals surface area contributed by atoms with Gasteiger partial charge in [-0.1, -0.05) is 11.8 Å². The Morgan fingerprint density at radius 2 is 1.54 bits per heavy atom. The molecule has 0 aromatic rings. The molecule has 0 atom stereocenters. The number of thioether (sulfide) groups is 1. The fraction of sp³-hybridized carbons (Fsp3) is 0.750. The van der Waals surface area contributed by atoms with E-state index < -0.39 is 29.7 Å².